The van der Waals surface area contributed by atoms with E-state index in [1.54, 1.807) is 20.0 Å². The van der Waals surface area contributed by atoms with E-state index in [-0.39, 0.29) is 6.54 Å². The molecular weight excluding hydrogens is 190 g/mol. The first-order valence-electron chi connectivity index (χ1n) is 3.98. The van der Waals surface area contributed by atoms with Gasteiger partial charge in [0, 0.05) is 11.9 Å². The van der Waals surface area contributed by atoms with Crippen molar-refractivity contribution in [3.8, 4) is 0 Å². The van der Waals surface area contributed by atoms with Crippen LogP contribution in [0.4, 0.5) is 0 Å². The van der Waals surface area contributed by atoms with Gasteiger partial charge in [-0.1, -0.05) is 0 Å². The highest BCUT2D eigenvalue weighted by Crippen LogP contribution is 1.98. The summed E-state index contributed by atoms with van der Waals surface area (Å²) in [6, 6.07) is 0. The molecule has 1 aromatic rings. The fraction of sp³-hybridized carbons (Fsp3) is 0.571. The minimum absolute atomic E-state index is 0.264. The summed E-state index contributed by atoms with van der Waals surface area (Å²) in [5.74, 6) is 0. The molecule has 5 nitrogen and oxygen atoms in total. The van der Waals surface area contributed by atoms with E-state index in [2.05, 4.69) is 14.7 Å². The third kappa shape index (κ3) is 2.82. The molecular formula is C7H13N3O2S. The maximum atomic E-state index is 11.3. The third-order valence-corrected chi connectivity index (χ3v) is 3.43. The number of aromatic nitrogens is 2. The number of imidazole rings is 1. The van der Waals surface area contributed by atoms with Gasteiger partial charge in [-0.3, -0.25) is 0 Å². The summed E-state index contributed by atoms with van der Waals surface area (Å²) in [5, 5.41) is -0.407. The van der Waals surface area contributed by atoms with Crippen LogP contribution in [-0.4, -0.2) is 23.6 Å². The number of hydrogen-bond donors (Lipinski definition) is 2. The van der Waals surface area contributed by atoms with Crippen LogP contribution in [0.25, 0.3) is 0 Å². The number of rotatable bonds is 4. The molecule has 0 saturated heterocycles. The molecule has 0 atom stereocenters. The molecule has 6 heteroatoms. The second-order valence-corrected chi connectivity index (χ2v) is 5.31. The van der Waals surface area contributed by atoms with Crippen molar-refractivity contribution < 1.29 is 8.42 Å². The van der Waals surface area contributed by atoms with Gasteiger partial charge in [0.15, 0.2) is 0 Å². The van der Waals surface area contributed by atoms with Crippen molar-refractivity contribution in [3.63, 3.8) is 0 Å². The molecule has 2 N–H and O–H groups in total. The number of H-pyrrole nitrogens is 1. The van der Waals surface area contributed by atoms with E-state index < -0.39 is 15.3 Å². The highest BCUT2D eigenvalue weighted by Gasteiger charge is 2.14. The van der Waals surface area contributed by atoms with Gasteiger partial charge in [0.2, 0.25) is 10.0 Å². The molecule has 0 unspecified atom stereocenters. The van der Waals surface area contributed by atoms with Crippen LogP contribution >= 0.6 is 0 Å². The molecule has 0 aliphatic rings. The van der Waals surface area contributed by atoms with Crippen LogP contribution in [0.15, 0.2) is 12.5 Å². The Kier molecular flexibility index (Phi) is 3.05. The SMILES string of the molecule is CC(C)S(=O)(=O)NCc1cnc[nH]1. The smallest absolute Gasteiger partial charge is 0.214 e. The molecule has 0 saturated carbocycles. The van der Waals surface area contributed by atoms with E-state index in [4.69, 9.17) is 0 Å². The lowest BCUT2D eigenvalue weighted by Crippen LogP contribution is -2.30. The van der Waals surface area contributed by atoms with E-state index in [1.165, 1.54) is 6.33 Å². The molecule has 0 aromatic carbocycles. The molecule has 0 radical (unpaired) electrons. The van der Waals surface area contributed by atoms with Gasteiger partial charge in [-0.15, -0.1) is 0 Å². The molecule has 13 heavy (non-hydrogen) atoms. The minimum Gasteiger partial charge on any atom is -0.347 e. The average Bonchev–Trinajstić information content (AvgIpc) is 2.52. The number of nitrogens with one attached hydrogen (secondary N) is 2. The standard InChI is InChI=1S/C7H13N3O2S/c1-6(2)13(11,12)10-4-7-3-8-5-9-7/h3,5-6,10H,4H2,1-2H3,(H,8,9). The van der Waals surface area contributed by atoms with Crippen molar-refractivity contribution in [3.05, 3.63) is 18.2 Å². The second-order valence-electron chi connectivity index (χ2n) is 2.99. The summed E-state index contributed by atoms with van der Waals surface area (Å²) in [5.41, 5.74) is 0.754. The van der Waals surface area contributed by atoms with E-state index >= 15 is 0 Å². The topological polar surface area (TPSA) is 74.8 Å². The highest BCUT2D eigenvalue weighted by atomic mass is 32.2. The normalized spacial score (nSPS) is 12.2. The Hall–Kier alpha value is -0.880. The molecule has 0 fully saturated rings. The summed E-state index contributed by atoms with van der Waals surface area (Å²) in [6.45, 7) is 3.53. The quantitative estimate of drug-likeness (QED) is 0.736. The van der Waals surface area contributed by atoms with Crippen molar-refractivity contribution in [2.75, 3.05) is 0 Å². The summed E-state index contributed by atoms with van der Waals surface area (Å²) >= 11 is 0. The summed E-state index contributed by atoms with van der Waals surface area (Å²) in [4.78, 5) is 6.59. The van der Waals surface area contributed by atoms with E-state index in [9.17, 15) is 8.42 Å². The number of aromatic amines is 1. The molecule has 0 spiro atoms. The summed E-state index contributed by atoms with van der Waals surface area (Å²) in [6.07, 6.45) is 3.10. The maximum Gasteiger partial charge on any atom is 0.214 e. The van der Waals surface area contributed by atoms with Crippen LogP contribution in [0.3, 0.4) is 0 Å². The Morgan fingerprint density at radius 1 is 1.62 bits per heavy atom. The zero-order valence-corrected chi connectivity index (χ0v) is 8.43. The average molecular weight is 203 g/mol. The van der Waals surface area contributed by atoms with Crippen molar-refractivity contribution in [2.24, 2.45) is 0 Å². The molecule has 0 bridgehead atoms. The first-order valence-corrected chi connectivity index (χ1v) is 5.53. The predicted octanol–water partition coefficient (Wildman–Crippen LogP) is 0.237. The summed E-state index contributed by atoms with van der Waals surface area (Å²) < 4.78 is 25.0. The highest BCUT2D eigenvalue weighted by molar-refractivity contribution is 7.90. The monoisotopic (exact) mass is 203 g/mol. The van der Waals surface area contributed by atoms with Crippen molar-refractivity contribution >= 4 is 10.0 Å². The van der Waals surface area contributed by atoms with Crippen LogP contribution in [0, 0.1) is 0 Å². The van der Waals surface area contributed by atoms with Gasteiger partial charge in [0.05, 0.1) is 18.1 Å². The molecule has 0 aliphatic heterocycles. The van der Waals surface area contributed by atoms with Crippen molar-refractivity contribution in [1.29, 1.82) is 0 Å². The lowest BCUT2D eigenvalue weighted by Gasteiger charge is -2.07. The molecule has 1 aromatic heterocycles. The number of hydrogen-bond acceptors (Lipinski definition) is 3. The second kappa shape index (κ2) is 3.89. The van der Waals surface area contributed by atoms with Gasteiger partial charge in [-0.2, -0.15) is 0 Å². The Balaban J connectivity index is 2.53. The molecule has 0 amide bonds. The molecule has 0 aliphatic carbocycles. The number of sulfonamides is 1. The Labute approximate surface area is 77.6 Å². The zero-order valence-electron chi connectivity index (χ0n) is 7.61. The predicted molar refractivity (Wildman–Crippen MR) is 49.5 cm³/mol. The molecule has 74 valence electrons. The van der Waals surface area contributed by atoms with Crippen molar-refractivity contribution in [1.82, 2.24) is 14.7 Å². The van der Waals surface area contributed by atoms with Gasteiger partial charge in [-0.25, -0.2) is 18.1 Å². The largest absolute Gasteiger partial charge is 0.347 e. The van der Waals surface area contributed by atoms with E-state index in [1.807, 2.05) is 0 Å². The first kappa shape index (κ1) is 10.2. The van der Waals surface area contributed by atoms with Gasteiger partial charge in [-0.05, 0) is 13.8 Å². The van der Waals surface area contributed by atoms with Crippen molar-refractivity contribution in [2.45, 2.75) is 25.6 Å². The van der Waals surface area contributed by atoms with Gasteiger partial charge >= 0.3 is 0 Å². The zero-order chi connectivity index (χ0) is 9.90. The fourth-order valence-electron chi connectivity index (χ4n) is 0.726. The molecule has 1 rings (SSSR count). The number of nitrogens with zero attached hydrogens (tertiary/aromatic N) is 1. The van der Waals surface area contributed by atoms with Gasteiger partial charge in [0.1, 0.15) is 0 Å². The lowest BCUT2D eigenvalue weighted by molar-refractivity contribution is 0.571. The summed E-state index contributed by atoms with van der Waals surface area (Å²) in [7, 11) is -3.17. The third-order valence-electron chi connectivity index (χ3n) is 1.64. The van der Waals surface area contributed by atoms with Crippen LogP contribution in [0.2, 0.25) is 0 Å². The molecule has 1 heterocycles. The van der Waals surface area contributed by atoms with Crippen LogP contribution in [-0.2, 0) is 16.6 Å². The maximum absolute atomic E-state index is 11.3. The van der Waals surface area contributed by atoms with Crippen LogP contribution < -0.4 is 4.72 Å². The first-order chi connectivity index (χ1) is 6.02. The fourth-order valence-corrected chi connectivity index (χ4v) is 1.42. The minimum atomic E-state index is -3.17. The Bertz CT molecular complexity index is 342. The Morgan fingerprint density at radius 2 is 2.31 bits per heavy atom. The van der Waals surface area contributed by atoms with Crippen LogP contribution in [0.5, 0.6) is 0 Å². The van der Waals surface area contributed by atoms with Gasteiger partial charge < -0.3 is 4.98 Å². The van der Waals surface area contributed by atoms with E-state index in [0.717, 1.165) is 5.69 Å². The lowest BCUT2D eigenvalue weighted by atomic mass is 10.5. The van der Waals surface area contributed by atoms with Gasteiger partial charge in [0.25, 0.3) is 0 Å². The van der Waals surface area contributed by atoms with E-state index in [0.29, 0.717) is 0 Å². The van der Waals surface area contributed by atoms with Crippen LogP contribution in [0.1, 0.15) is 19.5 Å². The Morgan fingerprint density at radius 3 is 2.77 bits per heavy atom.